The van der Waals surface area contributed by atoms with Gasteiger partial charge in [0, 0.05) is 65.8 Å². The second kappa shape index (κ2) is 27.6. The van der Waals surface area contributed by atoms with Crippen molar-refractivity contribution in [3.05, 3.63) is 190 Å². The average Bonchev–Trinajstić information content (AvgIpc) is 3.37. The molecule has 0 heterocycles. The monoisotopic (exact) mass is 1130 g/mol. The normalized spacial score (nSPS) is 11.0. The Morgan fingerprint density at radius 3 is 1.32 bits per heavy atom. The summed E-state index contributed by atoms with van der Waals surface area (Å²) in [6.45, 7) is 8.14. The molecular weight excluding hydrogens is 1080 g/mol. The van der Waals surface area contributed by atoms with Crippen LogP contribution in [-0.2, 0) is 35.7 Å². The summed E-state index contributed by atoms with van der Waals surface area (Å²) in [5, 5.41) is 18.4. The molecule has 0 unspecified atom stereocenters. The van der Waals surface area contributed by atoms with Crippen molar-refractivity contribution in [2.24, 2.45) is 5.92 Å². The van der Waals surface area contributed by atoms with Gasteiger partial charge in [0.1, 0.15) is 23.0 Å². The molecule has 0 aliphatic carbocycles. The Bertz CT molecular complexity index is 3580. The Kier molecular flexibility index (Phi) is 21.2. The number of aliphatic carboxylic acids is 2. The van der Waals surface area contributed by atoms with Crippen molar-refractivity contribution in [3.8, 4) is 46.7 Å². The summed E-state index contributed by atoms with van der Waals surface area (Å²) in [6, 6.07) is 43.3. The lowest BCUT2D eigenvalue weighted by Crippen LogP contribution is -2.09. The van der Waals surface area contributed by atoms with Gasteiger partial charge in [0.25, 0.3) is 0 Å². The molecule has 2 N–H and O–H groups in total. The fourth-order valence-corrected chi connectivity index (χ4v) is 10.3. The number of sulfone groups is 2. The second-order valence-electron chi connectivity index (χ2n) is 17.8. The number of halogens is 1. The number of benzene rings is 7. The van der Waals surface area contributed by atoms with Gasteiger partial charge in [-0.2, -0.15) is 0 Å². The molecule has 0 atom stereocenters. The van der Waals surface area contributed by atoms with E-state index in [4.69, 9.17) is 40.8 Å². The first-order chi connectivity index (χ1) is 36.5. The molecule has 7 rings (SSSR count). The van der Waals surface area contributed by atoms with Crippen LogP contribution in [0.4, 0.5) is 0 Å². The van der Waals surface area contributed by atoms with Crippen molar-refractivity contribution in [1.82, 2.24) is 0 Å². The first kappa shape index (κ1) is 58.9. The van der Waals surface area contributed by atoms with Gasteiger partial charge in [0.15, 0.2) is 32.9 Å². The zero-order chi connectivity index (χ0) is 55.7. The van der Waals surface area contributed by atoms with Gasteiger partial charge in [0.2, 0.25) is 0 Å². The van der Waals surface area contributed by atoms with Crippen molar-refractivity contribution in [3.63, 3.8) is 0 Å². The molecule has 12 nitrogen and oxygen atoms in total. The molecule has 0 bridgehead atoms. The van der Waals surface area contributed by atoms with E-state index in [0.717, 1.165) is 47.4 Å². The van der Waals surface area contributed by atoms with Crippen molar-refractivity contribution in [1.29, 1.82) is 0 Å². The molecule has 7 aromatic carbocycles. The molecular formula is C60H55ClO12S4. The Morgan fingerprint density at radius 2 is 0.935 bits per heavy atom. The molecule has 0 aliphatic heterocycles. The maximum Gasteiger partial charge on any atom is 0.341 e. The second-order valence-corrected chi connectivity index (χ2v) is 24.6. The lowest BCUT2D eigenvalue weighted by atomic mass is 10.1. The van der Waals surface area contributed by atoms with Crippen molar-refractivity contribution >= 4 is 66.7 Å². The number of aryl methyl sites for hydroxylation is 2. The van der Waals surface area contributed by atoms with Crippen LogP contribution < -0.4 is 18.9 Å². The summed E-state index contributed by atoms with van der Waals surface area (Å²) in [5.74, 6) is 13.2. The van der Waals surface area contributed by atoms with Gasteiger partial charge in [-0.05, 0) is 170 Å². The van der Waals surface area contributed by atoms with E-state index in [2.05, 4.69) is 37.5 Å². The van der Waals surface area contributed by atoms with Crippen LogP contribution in [0.3, 0.4) is 0 Å². The number of carbonyl (C=O) groups is 2. The minimum atomic E-state index is -3.28. The molecule has 0 saturated carbocycles. The minimum absolute atomic E-state index is 0.243. The summed E-state index contributed by atoms with van der Waals surface area (Å²) >= 11 is 9.04. The van der Waals surface area contributed by atoms with Gasteiger partial charge < -0.3 is 29.2 Å². The van der Waals surface area contributed by atoms with Crippen LogP contribution in [0.1, 0.15) is 52.8 Å². The number of hydrogen-bond donors (Lipinski definition) is 2. The molecule has 0 saturated heterocycles. The third-order valence-corrected chi connectivity index (χ3v) is 15.1. The lowest BCUT2D eigenvalue weighted by Gasteiger charge is -2.12. The average molecular weight is 1130 g/mol. The fraction of sp³-hybridized carbons (Fsp3) is 0.200. The van der Waals surface area contributed by atoms with Crippen LogP contribution in [0, 0.1) is 43.4 Å². The smallest absolute Gasteiger partial charge is 0.341 e. The largest absolute Gasteiger partial charge is 0.493 e. The number of rotatable bonds is 19. The highest BCUT2D eigenvalue weighted by Gasteiger charge is 2.12. The van der Waals surface area contributed by atoms with Gasteiger partial charge in [-0.3, -0.25) is 0 Å². The topological polar surface area (TPSA) is 180 Å². The predicted molar refractivity (Wildman–Crippen MR) is 302 cm³/mol. The molecule has 17 heteroatoms. The molecule has 0 aliphatic rings. The maximum atomic E-state index is 11.8. The Morgan fingerprint density at radius 1 is 0.519 bits per heavy atom. The van der Waals surface area contributed by atoms with Crippen LogP contribution in [-0.4, -0.2) is 77.9 Å². The third kappa shape index (κ3) is 20.0. The molecule has 398 valence electrons. The highest BCUT2D eigenvalue weighted by Crippen LogP contribution is 2.36. The Labute approximate surface area is 464 Å². The number of hydrogen-bond acceptors (Lipinski definition) is 12. The molecule has 77 heavy (non-hydrogen) atoms. The van der Waals surface area contributed by atoms with Crippen LogP contribution in [0.25, 0.3) is 0 Å². The number of carboxylic acid groups (broad SMARTS) is 2. The van der Waals surface area contributed by atoms with Crippen molar-refractivity contribution in [2.45, 2.75) is 63.5 Å². The quantitative estimate of drug-likeness (QED) is 0.0730. The van der Waals surface area contributed by atoms with E-state index in [9.17, 15) is 26.4 Å². The lowest BCUT2D eigenvalue weighted by molar-refractivity contribution is -0.140. The SMILES string of the molecule is Cc1cc(Sc2cc(C#Cc3ccc(S(C)(=O)=O)cc3)cc(OCC(C)C)c2)ccc1OCC(=O)O.Cc1cc(Sc2cc(C#Cc3ccc(S(C)(=O)=O)cc3)cc(OCCc3ccc(Cl)cc3)c2)ccc1OCC(=O)O. The molecule has 0 spiro atoms. The van der Waals surface area contributed by atoms with Crippen LogP contribution in [0.2, 0.25) is 5.02 Å². The number of ether oxygens (including phenoxy) is 4. The van der Waals surface area contributed by atoms with E-state index < -0.39 is 38.2 Å². The predicted octanol–water partition coefficient (Wildman–Crippen LogP) is 12.1. The maximum absolute atomic E-state index is 11.8. The van der Waals surface area contributed by atoms with E-state index in [1.54, 1.807) is 60.7 Å². The molecule has 0 amide bonds. The summed E-state index contributed by atoms with van der Waals surface area (Å²) in [4.78, 5) is 25.9. The zero-order valence-electron chi connectivity index (χ0n) is 43.0. The summed E-state index contributed by atoms with van der Waals surface area (Å²) in [7, 11) is -6.54. The van der Waals surface area contributed by atoms with Crippen LogP contribution in [0.5, 0.6) is 23.0 Å². The van der Waals surface area contributed by atoms with E-state index in [1.807, 2.05) is 98.8 Å². The first-order valence-corrected chi connectivity index (χ1v) is 29.5. The zero-order valence-corrected chi connectivity index (χ0v) is 47.0. The van der Waals surface area contributed by atoms with E-state index in [-0.39, 0.29) is 16.4 Å². The van der Waals surface area contributed by atoms with Gasteiger partial charge in [-0.25, -0.2) is 26.4 Å². The highest BCUT2D eigenvalue weighted by molar-refractivity contribution is 7.99. The van der Waals surface area contributed by atoms with Gasteiger partial charge in [-0.15, -0.1) is 0 Å². The fourth-order valence-electron chi connectivity index (χ4n) is 6.88. The standard InChI is InChI=1S/C32H27ClO6S2.C28H28O6S2/c1-22-17-28(11-14-31(22)39-21-32(34)35)40-29-19-25(4-3-23-7-12-30(13-8-23)41(2,36)37)18-27(20-29)38-16-15-24-5-9-26(33)10-6-24;1-19(2)17-33-23-14-22(6-5-21-7-10-26(11-8-21)36(4,31)32)15-25(16-23)35-24-9-12-27(20(3)13-24)34-18-28(29)30/h5-14,17-20H,15-16,21H2,1-2H3,(H,34,35);7-16,19H,17-18H2,1-4H3,(H,29,30). The van der Waals surface area contributed by atoms with Crippen molar-refractivity contribution in [2.75, 3.05) is 38.9 Å². The van der Waals surface area contributed by atoms with E-state index in [0.29, 0.717) is 64.7 Å². The highest BCUT2D eigenvalue weighted by atomic mass is 35.5. The van der Waals surface area contributed by atoms with Gasteiger partial charge in [-0.1, -0.05) is 84.8 Å². The summed E-state index contributed by atoms with van der Waals surface area (Å²) in [6.07, 6.45) is 3.05. The van der Waals surface area contributed by atoms with E-state index >= 15 is 0 Å². The van der Waals surface area contributed by atoms with Crippen LogP contribution >= 0.6 is 35.1 Å². The molecule has 0 radical (unpaired) electrons. The van der Waals surface area contributed by atoms with Gasteiger partial charge in [0.05, 0.1) is 23.0 Å². The van der Waals surface area contributed by atoms with Gasteiger partial charge >= 0.3 is 11.9 Å². The molecule has 0 aromatic heterocycles. The Balaban J connectivity index is 0.000000252. The first-order valence-electron chi connectivity index (χ1n) is 23.8. The third-order valence-electron chi connectivity index (χ3n) is 10.6. The van der Waals surface area contributed by atoms with Crippen molar-refractivity contribution < 1.29 is 55.6 Å². The molecule has 0 fully saturated rings. The van der Waals surface area contributed by atoms with Crippen LogP contribution in [0.15, 0.2) is 175 Å². The Hall–Kier alpha value is -7.31. The summed E-state index contributed by atoms with van der Waals surface area (Å²) < 4.78 is 69.6. The molecule has 7 aromatic rings. The number of carboxylic acids is 2. The van der Waals surface area contributed by atoms with E-state index in [1.165, 1.54) is 36.0 Å². The summed E-state index contributed by atoms with van der Waals surface area (Å²) in [5.41, 5.74) is 5.67. The minimum Gasteiger partial charge on any atom is -0.493 e.